The molecule has 49 heavy (non-hydrogen) atoms. The molecule has 11 rings (SSSR count). The highest BCUT2D eigenvalue weighted by Gasteiger charge is 2.24. The van der Waals surface area contributed by atoms with Crippen LogP contribution in [0.1, 0.15) is 0 Å². The Hall–Kier alpha value is -6.16. The average Bonchev–Trinajstić information content (AvgIpc) is 3.85. The van der Waals surface area contributed by atoms with Crippen LogP contribution in [0, 0.1) is 0 Å². The van der Waals surface area contributed by atoms with Gasteiger partial charge in [-0.3, -0.25) is 0 Å². The van der Waals surface area contributed by atoms with E-state index in [0.29, 0.717) is 0 Å². The van der Waals surface area contributed by atoms with E-state index in [9.17, 15) is 0 Å². The summed E-state index contributed by atoms with van der Waals surface area (Å²) in [4.78, 5) is 0. The molecule has 0 aliphatic carbocycles. The second-order valence-corrected chi connectivity index (χ2v) is 13.8. The van der Waals surface area contributed by atoms with Gasteiger partial charge < -0.3 is 8.83 Å². The summed E-state index contributed by atoms with van der Waals surface area (Å²) in [6.07, 6.45) is 0. The quantitative estimate of drug-likeness (QED) is 0.179. The van der Waals surface area contributed by atoms with Crippen LogP contribution in [0.2, 0.25) is 0 Å². The zero-order valence-corrected chi connectivity index (χ0v) is 27.1. The maximum atomic E-state index is 6.85. The summed E-state index contributed by atoms with van der Waals surface area (Å²) >= 11 is 1.84. The molecule has 0 unspecified atom stereocenters. The van der Waals surface area contributed by atoms with Gasteiger partial charge in [-0.1, -0.05) is 121 Å². The van der Waals surface area contributed by atoms with Crippen LogP contribution >= 0.6 is 11.3 Å². The topological polar surface area (TPSA) is 26.3 Å². The van der Waals surface area contributed by atoms with Gasteiger partial charge >= 0.3 is 0 Å². The summed E-state index contributed by atoms with van der Waals surface area (Å²) in [7, 11) is 0. The Morgan fingerprint density at radius 1 is 0.327 bits per heavy atom. The molecule has 0 saturated carbocycles. The van der Waals surface area contributed by atoms with Gasteiger partial charge in [0.25, 0.3) is 0 Å². The van der Waals surface area contributed by atoms with Crippen LogP contribution in [0.5, 0.6) is 0 Å². The van der Waals surface area contributed by atoms with E-state index in [0.717, 1.165) is 60.7 Å². The third-order valence-corrected chi connectivity index (χ3v) is 11.2. The summed E-state index contributed by atoms with van der Waals surface area (Å²) in [5.41, 5.74) is 8.48. The minimum atomic E-state index is 0.887. The summed E-state index contributed by atoms with van der Waals surface area (Å²) < 4.78 is 15.9. The molecule has 0 radical (unpaired) electrons. The van der Waals surface area contributed by atoms with Crippen LogP contribution in [0.25, 0.3) is 108 Å². The van der Waals surface area contributed by atoms with Gasteiger partial charge in [0.1, 0.15) is 22.5 Å². The maximum absolute atomic E-state index is 6.85. The molecule has 0 aliphatic heterocycles. The van der Waals surface area contributed by atoms with Crippen LogP contribution in [0.15, 0.2) is 167 Å². The molecule has 2 nitrogen and oxygen atoms in total. The molecule has 0 spiro atoms. The molecular weight excluding hydrogens is 617 g/mol. The Kier molecular flexibility index (Phi) is 5.57. The highest BCUT2D eigenvalue weighted by molar-refractivity contribution is 7.26. The number of para-hydroxylation sites is 1. The minimum absolute atomic E-state index is 0.887. The number of hydrogen-bond donors (Lipinski definition) is 0. The summed E-state index contributed by atoms with van der Waals surface area (Å²) in [5.74, 6) is 0.898. The lowest BCUT2D eigenvalue weighted by Gasteiger charge is -2.17. The zero-order chi connectivity index (χ0) is 32.1. The molecule has 228 valence electrons. The lowest BCUT2D eigenvalue weighted by atomic mass is 9.86. The molecule has 0 aliphatic rings. The van der Waals surface area contributed by atoms with Crippen molar-refractivity contribution in [3.05, 3.63) is 158 Å². The fourth-order valence-electron chi connectivity index (χ4n) is 8.04. The van der Waals surface area contributed by atoms with E-state index in [1.165, 1.54) is 47.5 Å². The standard InChI is InChI=1S/C46H26O2S/c1-2-12-27(13-3-1)42-33-18-8-10-20-36(33)48-46(42)43-31-16-6-4-14-29(31)41(30-15-5-7-17-32(30)43)28-22-23-37-35(26-28)44-38(47-37)24-25-40-45(44)34-19-9-11-21-39(34)49-40/h1-26H. The van der Waals surface area contributed by atoms with Crippen molar-refractivity contribution < 1.29 is 8.83 Å². The normalized spacial score (nSPS) is 12.1. The van der Waals surface area contributed by atoms with Crippen molar-refractivity contribution in [2.75, 3.05) is 0 Å². The number of thiophene rings is 1. The van der Waals surface area contributed by atoms with Gasteiger partial charge in [0.2, 0.25) is 0 Å². The van der Waals surface area contributed by atoms with Crippen molar-refractivity contribution in [1.82, 2.24) is 0 Å². The average molecular weight is 643 g/mol. The van der Waals surface area contributed by atoms with Gasteiger partial charge in [0.15, 0.2) is 0 Å². The highest BCUT2D eigenvalue weighted by atomic mass is 32.1. The maximum Gasteiger partial charge on any atom is 0.144 e. The fraction of sp³-hybridized carbons (Fsp3) is 0. The minimum Gasteiger partial charge on any atom is -0.456 e. The largest absolute Gasteiger partial charge is 0.456 e. The van der Waals surface area contributed by atoms with Crippen LogP contribution < -0.4 is 0 Å². The number of furan rings is 2. The molecule has 3 aromatic heterocycles. The Morgan fingerprint density at radius 2 is 0.918 bits per heavy atom. The number of rotatable bonds is 3. The first-order valence-corrected chi connectivity index (χ1v) is 17.4. The smallest absolute Gasteiger partial charge is 0.144 e. The second kappa shape index (κ2) is 10.2. The number of hydrogen-bond acceptors (Lipinski definition) is 3. The van der Waals surface area contributed by atoms with Crippen molar-refractivity contribution in [3.63, 3.8) is 0 Å². The van der Waals surface area contributed by atoms with Gasteiger partial charge in [-0.25, -0.2) is 0 Å². The molecule has 0 amide bonds. The predicted octanol–water partition coefficient (Wildman–Crippen LogP) is 14.0. The van der Waals surface area contributed by atoms with Crippen molar-refractivity contribution in [2.45, 2.75) is 0 Å². The van der Waals surface area contributed by atoms with Gasteiger partial charge in [-0.15, -0.1) is 11.3 Å². The second-order valence-electron chi connectivity index (χ2n) is 12.7. The van der Waals surface area contributed by atoms with Crippen LogP contribution in [0.3, 0.4) is 0 Å². The van der Waals surface area contributed by atoms with E-state index in [1.807, 2.05) is 17.4 Å². The Balaban J connectivity index is 1.25. The van der Waals surface area contributed by atoms with Gasteiger partial charge in [-0.2, -0.15) is 0 Å². The number of benzene rings is 8. The SMILES string of the molecule is c1ccc(-c2c(-c3c4ccccc4c(-c4ccc5oc6ccc7sc8ccccc8c7c6c5c4)c4ccccc34)oc3ccccc23)cc1. The van der Waals surface area contributed by atoms with Crippen LogP contribution in [-0.4, -0.2) is 0 Å². The first-order chi connectivity index (χ1) is 24.3. The monoisotopic (exact) mass is 642 g/mol. The Morgan fingerprint density at radius 3 is 1.67 bits per heavy atom. The molecule has 0 N–H and O–H groups in total. The molecule has 3 heteroatoms. The van der Waals surface area contributed by atoms with E-state index in [2.05, 4.69) is 152 Å². The van der Waals surface area contributed by atoms with E-state index in [1.54, 1.807) is 0 Å². The molecule has 0 saturated heterocycles. The van der Waals surface area contributed by atoms with Crippen molar-refractivity contribution in [3.8, 4) is 33.6 Å². The van der Waals surface area contributed by atoms with Crippen molar-refractivity contribution >= 4 is 86.0 Å². The van der Waals surface area contributed by atoms with Gasteiger partial charge in [0.05, 0.1) is 0 Å². The number of fused-ring (bicyclic) bond motifs is 10. The van der Waals surface area contributed by atoms with E-state index in [4.69, 9.17) is 8.83 Å². The predicted molar refractivity (Wildman–Crippen MR) is 208 cm³/mol. The van der Waals surface area contributed by atoms with Crippen molar-refractivity contribution in [2.24, 2.45) is 0 Å². The lowest BCUT2D eigenvalue weighted by Crippen LogP contribution is -1.91. The van der Waals surface area contributed by atoms with E-state index >= 15 is 0 Å². The van der Waals surface area contributed by atoms with Crippen LogP contribution in [-0.2, 0) is 0 Å². The van der Waals surface area contributed by atoms with Gasteiger partial charge in [0, 0.05) is 47.5 Å². The zero-order valence-electron chi connectivity index (χ0n) is 26.2. The van der Waals surface area contributed by atoms with E-state index in [-0.39, 0.29) is 0 Å². The third-order valence-electron chi connectivity index (χ3n) is 10.1. The highest BCUT2D eigenvalue weighted by Crippen LogP contribution is 2.50. The Bertz CT molecular complexity index is 3050. The molecule has 3 heterocycles. The Labute approximate surface area is 285 Å². The molecule has 0 bridgehead atoms. The molecule has 11 aromatic rings. The van der Waals surface area contributed by atoms with Crippen LogP contribution in [0.4, 0.5) is 0 Å². The molecular formula is C46H26O2S. The molecule has 0 fully saturated rings. The molecule has 0 atom stereocenters. The third kappa shape index (κ3) is 3.82. The first-order valence-electron chi connectivity index (χ1n) is 16.6. The summed E-state index contributed by atoms with van der Waals surface area (Å²) in [6, 6.07) is 56.3. The lowest BCUT2D eigenvalue weighted by molar-refractivity contribution is 0.634. The summed E-state index contributed by atoms with van der Waals surface area (Å²) in [6.45, 7) is 0. The van der Waals surface area contributed by atoms with Crippen molar-refractivity contribution in [1.29, 1.82) is 0 Å². The molecule has 8 aromatic carbocycles. The fourth-order valence-corrected chi connectivity index (χ4v) is 9.15. The van der Waals surface area contributed by atoms with E-state index < -0.39 is 0 Å². The van der Waals surface area contributed by atoms with Gasteiger partial charge in [-0.05, 0) is 74.6 Å². The summed E-state index contributed by atoms with van der Waals surface area (Å²) in [5, 5.41) is 10.7. The first kappa shape index (κ1) is 26.9.